The zero-order valence-corrected chi connectivity index (χ0v) is 10.2. The molecule has 0 saturated carbocycles. The van der Waals surface area contributed by atoms with Gasteiger partial charge in [-0.3, -0.25) is 0 Å². The molecule has 0 aliphatic heterocycles. The highest BCUT2D eigenvalue weighted by Crippen LogP contribution is 2.23. The minimum Gasteiger partial charge on any atom is -0.477 e. The fourth-order valence-electron chi connectivity index (χ4n) is 1.58. The van der Waals surface area contributed by atoms with Crippen LogP contribution in [0.5, 0.6) is 5.88 Å². The molecule has 90 valence electrons. The summed E-state index contributed by atoms with van der Waals surface area (Å²) in [6, 6.07) is 7.88. The molecule has 4 nitrogen and oxygen atoms in total. The maximum Gasteiger partial charge on any atom is 0.226 e. The first-order valence-electron chi connectivity index (χ1n) is 5.92. The maximum absolute atomic E-state index is 5.71. The number of nitrogens with zero attached hydrogens (tertiary/aromatic N) is 2. The molecule has 1 N–H and O–H groups in total. The van der Waals surface area contributed by atoms with Gasteiger partial charge in [0.1, 0.15) is 0 Å². The van der Waals surface area contributed by atoms with E-state index in [1.54, 1.807) is 7.05 Å². The molecule has 2 rings (SSSR count). The molecule has 0 radical (unpaired) electrons. The third-order valence-electron chi connectivity index (χ3n) is 2.53. The van der Waals surface area contributed by atoms with E-state index >= 15 is 0 Å². The molecule has 0 fully saturated rings. The number of benzene rings is 1. The van der Waals surface area contributed by atoms with Gasteiger partial charge in [-0.25, -0.2) is 4.98 Å². The van der Waals surface area contributed by atoms with Crippen LogP contribution in [0.15, 0.2) is 24.3 Å². The van der Waals surface area contributed by atoms with Gasteiger partial charge in [0.25, 0.3) is 0 Å². The van der Waals surface area contributed by atoms with Crippen LogP contribution in [0.1, 0.15) is 19.8 Å². The Morgan fingerprint density at radius 2 is 2.06 bits per heavy atom. The lowest BCUT2D eigenvalue weighted by Gasteiger charge is -2.09. The van der Waals surface area contributed by atoms with Crippen LogP contribution in [0.4, 0.5) is 5.95 Å². The summed E-state index contributed by atoms with van der Waals surface area (Å²) >= 11 is 0. The number of rotatable bonds is 5. The van der Waals surface area contributed by atoms with Crippen LogP contribution in [-0.2, 0) is 0 Å². The SMILES string of the molecule is CCCCOc1nc(NC)nc2ccccc12. The Balaban J connectivity index is 2.36. The van der Waals surface area contributed by atoms with Crippen molar-refractivity contribution in [3.8, 4) is 5.88 Å². The summed E-state index contributed by atoms with van der Waals surface area (Å²) in [5, 5.41) is 3.91. The van der Waals surface area contributed by atoms with Gasteiger partial charge in [-0.05, 0) is 18.6 Å². The minimum absolute atomic E-state index is 0.593. The fourth-order valence-corrected chi connectivity index (χ4v) is 1.58. The Morgan fingerprint density at radius 3 is 2.82 bits per heavy atom. The van der Waals surface area contributed by atoms with Crippen LogP contribution >= 0.6 is 0 Å². The molecule has 0 aliphatic carbocycles. The van der Waals surface area contributed by atoms with E-state index in [1.807, 2.05) is 24.3 Å². The van der Waals surface area contributed by atoms with Crippen molar-refractivity contribution in [3.63, 3.8) is 0 Å². The van der Waals surface area contributed by atoms with Gasteiger partial charge < -0.3 is 10.1 Å². The lowest BCUT2D eigenvalue weighted by atomic mass is 10.2. The van der Waals surface area contributed by atoms with E-state index in [0.717, 1.165) is 23.7 Å². The van der Waals surface area contributed by atoms with Gasteiger partial charge in [-0.2, -0.15) is 4.98 Å². The average molecular weight is 231 g/mol. The smallest absolute Gasteiger partial charge is 0.226 e. The predicted molar refractivity (Wildman–Crippen MR) is 69.5 cm³/mol. The van der Waals surface area contributed by atoms with E-state index in [1.165, 1.54) is 0 Å². The van der Waals surface area contributed by atoms with Gasteiger partial charge in [0.05, 0.1) is 17.5 Å². The lowest BCUT2D eigenvalue weighted by molar-refractivity contribution is 0.302. The van der Waals surface area contributed by atoms with Gasteiger partial charge in [-0.1, -0.05) is 25.5 Å². The van der Waals surface area contributed by atoms with E-state index in [0.29, 0.717) is 18.4 Å². The average Bonchev–Trinajstić information content (AvgIpc) is 2.38. The second kappa shape index (κ2) is 5.48. The summed E-state index contributed by atoms with van der Waals surface area (Å²) in [6.07, 6.45) is 2.15. The van der Waals surface area contributed by atoms with Gasteiger partial charge in [-0.15, -0.1) is 0 Å². The summed E-state index contributed by atoms with van der Waals surface area (Å²) in [6.45, 7) is 2.83. The summed E-state index contributed by atoms with van der Waals surface area (Å²) < 4.78 is 5.71. The Morgan fingerprint density at radius 1 is 1.24 bits per heavy atom. The number of hydrogen-bond donors (Lipinski definition) is 1. The van der Waals surface area contributed by atoms with Crippen molar-refractivity contribution in [1.82, 2.24) is 9.97 Å². The first-order valence-corrected chi connectivity index (χ1v) is 5.92. The zero-order chi connectivity index (χ0) is 12.1. The fraction of sp³-hybridized carbons (Fsp3) is 0.385. The summed E-state index contributed by atoms with van der Waals surface area (Å²) in [5.41, 5.74) is 0.901. The first kappa shape index (κ1) is 11.6. The van der Waals surface area contributed by atoms with Crippen molar-refractivity contribution < 1.29 is 4.74 Å². The van der Waals surface area contributed by atoms with Crippen LogP contribution in [0.25, 0.3) is 10.9 Å². The Labute approximate surface area is 101 Å². The van der Waals surface area contributed by atoms with Crippen LogP contribution in [0, 0.1) is 0 Å². The maximum atomic E-state index is 5.71. The van der Waals surface area contributed by atoms with Gasteiger partial charge in [0, 0.05) is 7.05 Å². The molecule has 0 bridgehead atoms. The summed E-state index contributed by atoms with van der Waals surface area (Å²) in [5.74, 6) is 1.25. The van der Waals surface area contributed by atoms with E-state index in [2.05, 4.69) is 22.2 Å². The highest BCUT2D eigenvalue weighted by molar-refractivity contribution is 5.84. The second-order valence-electron chi connectivity index (χ2n) is 3.82. The number of nitrogens with one attached hydrogen (secondary N) is 1. The predicted octanol–water partition coefficient (Wildman–Crippen LogP) is 2.85. The number of unbranched alkanes of at least 4 members (excludes halogenated alkanes) is 1. The van der Waals surface area contributed by atoms with E-state index in [4.69, 9.17) is 4.74 Å². The molecule has 0 aliphatic rings. The molecular formula is C13H17N3O. The van der Waals surface area contributed by atoms with Crippen molar-refractivity contribution >= 4 is 16.9 Å². The Kier molecular flexibility index (Phi) is 3.75. The highest BCUT2D eigenvalue weighted by atomic mass is 16.5. The van der Waals surface area contributed by atoms with E-state index in [9.17, 15) is 0 Å². The van der Waals surface area contributed by atoms with Gasteiger partial charge in [0.2, 0.25) is 11.8 Å². The summed E-state index contributed by atoms with van der Waals surface area (Å²) in [4.78, 5) is 8.73. The second-order valence-corrected chi connectivity index (χ2v) is 3.82. The normalized spacial score (nSPS) is 10.5. The van der Waals surface area contributed by atoms with Crippen molar-refractivity contribution in [2.45, 2.75) is 19.8 Å². The Hall–Kier alpha value is -1.84. The number of hydrogen-bond acceptors (Lipinski definition) is 4. The topological polar surface area (TPSA) is 47.0 Å². The molecule has 2 aromatic rings. The number of aromatic nitrogens is 2. The molecule has 0 saturated heterocycles. The molecule has 0 atom stereocenters. The first-order chi connectivity index (χ1) is 8.35. The largest absolute Gasteiger partial charge is 0.477 e. The lowest BCUT2D eigenvalue weighted by Crippen LogP contribution is -2.03. The van der Waals surface area contributed by atoms with Crippen LogP contribution < -0.4 is 10.1 Å². The van der Waals surface area contributed by atoms with Crippen molar-refractivity contribution in [3.05, 3.63) is 24.3 Å². The van der Waals surface area contributed by atoms with Gasteiger partial charge >= 0.3 is 0 Å². The number of para-hydroxylation sites is 1. The Bertz CT molecular complexity index is 499. The van der Waals surface area contributed by atoms with Crippen LogP contribution in [0.3, 0.4) is 0 Å². The quantitative estimate of drug-likeness (QED) is 0.804. The molecule has 0 spiro atoms. The standard InChI is InChI=1S/C13H17N3O/c1-3-4-9-17-12-10-7-5-6-8-11(10)15-13(14-2)16-12/h5-8H,3-4,9H2,1-2H3,(H,14,15,16). The molecule has 1 heterocycles. The zero-order valence-electron chi connectivity index (χ0n) is 10.2. The third-order valence-corrected chi connectivity index (χ3v) is 2.53. The molecule has 1 aromatic carbocycles. The van der Waals surface area contributed by atoms with Crippen LogP contribution in [-0.4, -0.2) is 23.6 Å². The number of anilines is 1. The minimum atomic E-state index is 0.593. The molecule has 17 heavy (non-hydrogen) atoms. The van der Waals surface area contributed by atoms with Gasteiger partial charge in [0.15, 0.2) is 0 Å². The number of fused-ring (bicyclic) bond motifs is 1. The number of ether oxygens (including phenoxy) is 1. The monoisotopic (exact) mass is 231 g/mol. The van der Waals surface area contributed by atoms with Crippen LogP contribution in [0.2, 0.25) is 0 Å². The summed E-state index contributed by atoms with van der Waals surface area (Å²) in [7, 11) is 1.81. The van der Waals surface area contributed by atoms with Crippen molar-refractivity contribution in [1.29, 1.82) is 0 Å². The molecule has 4 heteroatoms. The van der Waals surface area contributed by atoms with E-state index < -0.39 is 0 Å². The molecule has 1 aromatic heterocycles. The molecule has 0 amide bonds. The third kappa shape index (κ3) is 2.64. The van der Waals surface area contributed by atoms with Crippen molar-refractivity contribution in [2.75, 3.05) is 19.0 Å². The van der Waals surface area contributed by atoms with E-state index in [-0.39, 0.29) is 0 Å². The molecule has 0 unspecified atom stereocenters. The molecular weight excluding hydrogens is 214 g/mol. The van der Waals surface area contributed by atoms with Crippen molar-refractivity contribution in [2.24, 2.45) is 0 Å². The highest BCUT2D eigenvalue weighted by Gasteiger charge is 2.07.